The van der Waals surface area contributed by atoms with E-state index in [-0.39, 0.29) is 23.1 Å². The highest BCUT2D eigenvalue weighted by Gasteiger charge is 2.25. The van der Waals surface area contributed by atoms with Crippen molar-refractivity contribution in [3.63, 3.8) is 0 Å². The SMILES string of the molecule is Cc1ccc(C(=O)NC(C(=O)Nc2ccc(C)[nH]c2=O)C(C)C)cc1. The number of carbonyl (C=O) groups is 2. The normalized spacial score (nSPS) is 11.9. The van der Waals surface area contributed by atoms with E-state index in [1.807, 2.05) is 32.9 Å². The van der Waals surface area contributed by atoms with Gasteiger partial charge in [0.1, 0.15) is 11.7 Å². The van der Waals surface area contributed by atoms with E-state index >= 15 is 0 Å². The van der Waals surface area contributed by atoms with Crippen LogP contribution in [0.3, 0.4) is 0 Å². The van der Waals surface area contributed by atoms with E-state index in [9.17, 15) is 14.4 Å². The number of amides is 2. The molecule has 2 aromatic rings. The number of pyridine rings is 1. The van der Waals surface area contributed by atoms with E-state index in [1.165, 1.54) is 0 Å². The third-order valence-corrected chi connectivity index (χ3v) is 3.86. The summed E-state index contributed by atoms with van der Waals surface area (Å²) in [6.07, 6.45) is 0. The average Bonchev–Trinajstić information content (AvgIpc) is 2.55. The van der Waals surface area contributed by atoms with Gasteiger partial charge in [0.15, 0.2) is 0 Å². The molecule has 1 aromatic carbocycles. The molecule has 1 unspecified atom stereocenters. The Bertz CT molecular complexity index is 823. The molecule has 2 rings (SSSR count). The Balaban J connectivity index is 2.14. The lowest BCUT2D eigenvalue weighted by atomic mass is 10.0. The van der Waals surface area contributed by atoms with E-state index in [4.69, 9.17) is 0 Å². The molecule has 0 radical (unpaired) electrons. The number of hydrogen-bond acceptors (Lipinski definition) is 3. The molecule has 3 N–H and O–H groups in total. The van der Waals surface area contributed by atoms with Crippen molar-refractivity contribution >= 4 is 17.5 Å². The Kier molecular flexibility index (Phi) is 5.75. The van der Waals surface area contributed by atoms with E-state index in [2.05, 4.69) is 15.6 Å². The molecule has 0 aliphatic heterocycles. The molecule has 0 spiro atoms. The maximum Gasteiger partial charge on any atom is 0.271 e. The van der Waals surface area contributed by atoms with Crippen molar-refractivity contribution in [3.05, 3.63) is 63.6 Å². The van der Waals surface area contributed by atoms with Crippen LogP contribution in [0, 0.1) is 19.8 Å². The minimum atomic E-state index is -0.755. The second kappa shape index (κ2) is 7.79. The van der Waals surface area contributed by atoms with Crippen molar-refractivity contribution in [2.75, 3.05) is 5.32 Å². The average molecular weight is 341 g/mol. The lowest BCUT2D eigenvalue weighted by molar-refractivity contribution is -0.118. The number of benzene rings is 1. The van der Waals surface area contributed by atoms with Crippen molar-refractivity contribution in [2.45, 2.75) is 33.7 Å². The summed E-state index contributed by atoms with van der Waals surface area (Å²) in [5, 5.41) is 5.33. The van der Waals surface area contributed by atoms with Gasteiger partial charge in [-0.05, 0) is 44.0 Å². The van der Waals surface area contributed by atoms with Gasteiger partial charge in [-0.2, -0.15) is 0 Å². The molecule has 0 aliphatic carbocycles. The first kappa shape index (κ1) is 18.4. The highest BCUT2D eigenvalue weighted by atomic mass is 16.2. The number of aromatic amines is 1. The lowest BCUT2D eigenvalue weighted by Crippen LogP contribution is -2.47. The first-order valence-electron chi connectivity index (χ1n) is 8.16. The van der Waals surface area contributed by atoms with Crippen molar-refractivity contribution < 1.29 is 9.59 Å². The van der Waals surface area contributed by atoms with Crippen LogP contribution in [0.4, 0.5) is 5.69 Å². The maximum absolute atomic E-state index is 12.5. The van der Waals surface area contributed by atoms with E-state index in [1.54, 1.807) is 31.2 Å². The fourth-order valence-electron chi connectivity index (χ4n) is 2.35. The molecule has 6 nitrogen and oxygen atoms in total. The number of H-pyrrole nitrogens is 1. The molecule has 0 fully saturated rings. The van der Waals surface area contributed by atoms with Gasteiger partial charge in [-0.3, -0.25) is 14.4 Å². The zero-order chi connectivity index (χ0) is 18.6. The molecule has 1 heterocycles. The summed E-state index contributed by atoms with van der Waals surface area (Å²) >= 11 is 0. The first-order chi connectivity index (χ1) is 11.8. The molecule has 1 atom stereocenters. The van der Waals surface area contributed by atoms with Crippen LogP contribution in [-0.2, 0) is 4.79 Å². The van der Waals surface area contributed by atoms with Gasteiger partial charge >= 0.3 is 0 Å². The van der Waals surface area contributed by atoms with Crippen LogP contribution in [0.2, 0.25) is 0 Å². The summed E-state index contributed by atoms with van der Waals surface area (Å²) in [6, 6.07) is 9.60. The monoisotopic (exact) mass is 341 g/mol. The summed E-state index contributed by atoms with van der Waals surface area (Å²) in [7, 11) is 0. The topological polar surface area (TPSA) is 91.1 Å². The number of rotatable bonds is 5. The highest BCUT2D eigenvalue weighted by Crippen LogP contribution is 2.09. The fraction of sp³-hybridized carbons (Fsp3) is 0.316. The molecule has 2 amide bonds. The summed E-state index contributed by atoms with van der Waals surface area (Å²) in [5.41, 5.74) is 2.02. The minimum Gasteiger partial charge on any atom is -0.340 e. The van der Waals surface area contributed by atoms with Crippen LogP contribution >= 0.6 is 0 Å². The Morgan fingerprint density at radius 3 is 2.20 bits per heavy atom. The zero-order valence-electron chi connectivity index (χ0n) is 14.8. The Hall–Kier alpha value is -2.89. The van der Waals surface area contributed by atoms with Crippen molar-refractivity contribution in [1.82, 2.24) is 10.3 Å². The van der Waals surface area contributed by atoms with Gasteiger partial charge in [0.25, 0.3) is 11.5 Å². The van der Waals surface area contributed by atoms with Crippen LogP contribution < -0.4 is 16.2 Å². The third kappa shape index (κ3) is 4.79. The third-order valence-electron chi connectivity index (χ3n) is 3.86. The molecule has 1 aromatic heterocycles. The Labute approximate surface area is 146 Å². The highest BCUT2D eigenvalue weighted by molar-refractivity contribution is 6.01. The number of aryl methyl sites for hydroxylation is 2. The number of carbonyl (C=O) groups excluding carboxylic acids is 2. The van der Waals surface area contributed by atoms with Gasteiger partial charge in [0.05, 0.1) is 0 Å². The quantitative estimate of drug-likeness (QED) is 0.780. The summed E-state index contributed by atoms with van der Waals surface area (Å²) in [6.45, 7) is 7.36. The lowest BCUT2D eigenvalue weighted by Gasteiger charge is -2.21. The Morgan fingerprint density at radius 1 is 1.00 bits per heavy atom. The Morgan fingerprint density at radius 2 is 1.64 bits per heavy atom. The number of anilines is 1. The molecule has 0 bridgehead atoms. The number of hydrogen-bond donors (Lipinski definition) is 3. The number of nitrogens with one attached hydrogen (secondary N) is 3. The molecular weight excluding hydrogens is 318 g/mol. The van der Waals surface area contributed by atoms with E-state index in [0.29, 0.717) is 11.3 Å². The van der Waals surface area contributed by atoms with Crippen LogP contribution in [0.5, 0.6) is 0 Å². The first-order valence-corrected chi connectivity index (χ1v) is 8.16. The van der Waals surface area contributed by atoms with E-state index in [0.717, 1.165) is 5.56 Å². The van der Waals surface area contributed by atoms with Gasteiger partial charge in [-0.15, -0.1) is 0 Å². The fourth-order valence-corrected chi connectivity index (χ4v) is 2.35. The molecular formula is C19H23N3O3. The van der Waals surface area contributed by atoms with Crippen LogP contribution in [0.25, 0.3) is 0 Å². The molecule has 0 saturated heterocycles. The van der Waals surface area contributed by atoms with Crippen LogP contribution in [0.1, 0.15) is 35.5 Å². The molecule has 132 valence electrons. The van der Waals surface area contributed by atoms with Gasteiger partial charge in [0.2, 0.25) is 5.91 Å². The summed E-state index contributed by atoms with van der Waals surface area (Å²) < 4.78 is 0. The largest absolute Gasteiger partial charge is 0.340 e. The van der Waals surface area contributed by atoms with Gasteiger partial charge in [-0.1, -0.05) is 31.5 Å². The predicted molar refractivity (Wildman–Crippen MR) is 97.7 cm³/mol. The van der Waals surface area contributed by atoms with Gasteiger partial charge in [-0.25, -0.2) is 0 Å². The second-order valence-electron chi connectivity index (χ2n) is 6.43. The predicted octanol–water partition coefficient (Wildman–Crippen LogP) is 2.38. The van der Waals surface area contributed by atoms with Gasteiger partial charge < -0.3 is 15.6 Å². The number of aromatic nitrogens is 1. The van der Waals surface area contributed by atoms with Crippen molar-refractivity contribution in [1.29, 1.82) is 0 Å². The standard InChI is InChI=1S/C19H23N3O3/c1-11(2)16(22-17(23)14-8-5-12(3)6-9-14)19(25)21-15-10-7-13(4)20-18(15)24/h5-11,16H,1-4H3,(H,20,24)(H,21,25)(H,22,23). The molecule has 0 aliphatic rings. The van der Waals surface area contributed by atoms with Crippen molar-refractivity contribution in [2.24, 2.45) is 5.92 Å². The van der Waals surface area contributed by atoms with Crippen molar-refractivity contribution in [3.8, 4) is 0 Å². The molecule has 6 heteroatoms. The second-order valence-corrected chi connectivity index (χ2v) is 6.43. The maximum atomic E-state index is 12.5. The van der Waals surface area contributed by atoms with Gasteiger partial charge in [0, 0.05) is 11.3 Å². The van der Waals surface area contributed by atoms with Crippen LogP contribution in [0.15, 0.2) is 41.2 Å². The molecule has 0 saturated carbocycles. The zero-order valence-corrected chi connectivity index (χ0v) is 14.8. The molecule has 25 heavy (non-hydrogen) atoms. The smallest absolute Gasteiger partial charge is 0.271 e. The minimum absolute atomic E-state index is 0.140. The van der Waals surface area contributed by atoms with E-state index < -0.39 is 11.9 Å². The summed E-state index contributed by atoms with van der Waals surface area (Å²) in [5.74, 6) is -0.893. The summed E-state index contributed by atoms with van der Waals surface area (Å²) in [4.78, 5) is 39.4. The van der Waals surface area contributed by atoms with Crippen LogP contribution in [-0.4, -0.2) is 22.8 Å².